The summed E-state index contributed by atoms with van der Waals surface area (Å²) >= 11 is 0. The summed E-state index contributed by atoms with van der Waals surface area (Å²) in [7, 11) is -2.84. The molecule has 4 heteroatoms. The molecule has 1 atom stereocenters. The van der Waals surface area contributed by atoms with Crippen molar-refractivity contribution >= 4 is 9.84 Å². The van der Waals surface area contributed by atoms with Gasteiger partial charge in [0.15, 0.2) is 9.84 Å². The van der Waals surface area contributed by atoms with Crippen LogP contribution in [0, 0.1) is 0 Å². The van der Waals surface area contributed by atoms with E-state index in [2.05, 4.69) is 12.2 Å². The van der Waals surface area contributed by atoms with Crippen LogP contribution in [0.25, 0.3) is 0 Å². The molecule has 0 amide bonds. The number of unbranched alkanes of at least 4 members (excludes halogenated alkanes) is 5. The van der Waals surface area contributed by atoms with Crippen LogP contribution in [0.3, 0.4) is 0 Å². The van der Waals surface area contributed by atoms with Crippen LogP contribution in [0.15, 0.2) is 0 Å². The lowest BCUT2D eigenvalue weighted by Gasteiger charge is -2.13. The fourth-order valence-electron chi connectivity index (χ4n) is 1.81. The van der Waals surface area contributed by atoms with Crippen LogP contribution >= 0.6 is 0 Å². The first-order valence-corrected chi connectivity index (χ1v) is 8.77. The molecule has 0 radical (unpaired) electrons. The zero-order valence-electron chi connectivity index (χ0n) is 11.7. The molecule has 0 aromatic carbocycles. The van der Waals surface area contributed by atoms with E-state index < -0.39 is 9.84 Å². The Morgan fingerprint density at radius 2 is 1.59 bits per heavy atom. The molecule has 1 unspecified atom stereocenters. The van der Waals surface area contributed by atoms with Gasteiger partial charge < -0.3 is 5.32 Å². The minimum atomic E-state index is -2.84. The number of hydrogen-bond donors (Lipinski definition) is 1. The summed E-state index contributed by atoms with van der Waals surface area (Å²) in [5.41, 5.74) is 0. The van der Waals surface area contributed by atoms with E-state index in [0.29, 0.717) is 0 Å². The first-order chi connectivity index (χ1) is 8.02. The molecule has 0 spiro atoms. The molecule has 3 nitrogen and oxygen atoms in total. The summed E-state index contributed by atoms with van der Waals surface area (Å²) in [6.07, 6.45) is 7.65. The molecule has 0 heterocycles. The van der Waals surface area contributed by atoms with Gasteiger partial charge in [-0.1, -0.05) is 46.0 Å². The van der Waals surface area contributed by atoms with Gasteiger partial charge in [-0.15, -0.1) is 0 Å². The van der Waals surface area contributed by atoms with Crippen molar-refractivity contribution in [1.29, 1.82) is 0 Å². The predicted molar refractivity (Wildman–Crippen MR) is 75.2 cm³/mol. The highest BCUT2D eigenvalue weighted by Gasteiger charge is 2.12. The van der Waals surface area contributed by atoms with Gasteiger partial charge in [0, 0.05) is 11.8 Å². The van der Waals surface area contributed by atoms with Crippen molar-refractivity contribution in [3.05, 3.63) is 0 Å². The summed E-state index contributed by atoms with van der Waals surface area (Å²) < 4.78 is 22.8. The minimum absolute atomic E-state index is 0.0793. The van der Waals surface area contributed by atoms with E-state index in [4.69, 9.17) is 0 Å². The second-order valence-electron chi connectivity index (χ2n) is 4.82. The Morgan fingerprint density at radius 3 is 2.18 bits per heavy atom. The second kappa shape index (κ2) is 9.89. The topological polar surface area (TPSA) is 46.2 Å². The Kier molecular flexibility index (Phi) is 9.84. The highest BCUT2D eigenvalue weighted by Crippen LogP contribution is 2.04. The summed E-state index contributed by atoms with van der Waals surface area (Å²) in [4.78, 5) is 0. The van der Waals surface area contributed by atoms with E-state index in [1.807, 2.05) is 6.92 Å². The van der Waals surface area contributed by atoms with Crippen molar-refractivity contribution in [3.63, 3.8) is 0 Å². The van der Waals surface area contributed by atoms with Crippen LogP contribution in [0.1, 0.15) is 59.3 Å². The van der Waals surface area contributed by atoms with Gasteiger partial charge in [-0.05, 0) is 19.9 Å². The van der Waals surface area contributed by atoms with Crippen LogP contribution in [0.5, 0.6) is 0 Å². The Hall–Kier alpha value is -0.0900. The number of sulfone groups is 1. The Morgan fingerprint density at radius 1 is 1.00 bits per heavy atom. The third kappa shape index (κ3) is 10.8. The van der Waals surface area contributed by atoms with Gasteiger partial charge in [-0.25, -0.2) is 8.42 Å². The lowest BCUT2D eigenvalue weighted by Crippen LogP contribution is -2.34. The maximum Gasteiger partial charge on any atom is 0.151 e. The molecule has 0 saturated heterocycles. The van der Waals surface area contributed by atoms with Gasteiger partial charge in [0.1, 0.15) is 0 Å². The summed E-state index contributed by atoms with van der Waals surface area (Å²) in [6, 6.07) is 0.0793. The molecule has 0 aliphatic heterocycles. The second-order valence-corrected chi connectivity index (χ2v) is 7.22. The average Bonchev–Trinajstić information content (AvgIpc) is 2.27. The number of nitrogens with one attached hydrogen (secondary N) is 1. The van der Waals surface area contributed by atoms with Crippen molar-refractivity contribution < 1.29 is 8.42 Å². The number of hydrogen-bond acceptors (Lipinski definition) is 3. The Balaban J connectivity index is 3.43. The molecule has 0 aliphatic carbocycles. The minimum Gasteiger partial charge on any atom is -0.313 e. The van der Waals surface area contributed by atoms with Crippen LogP contribution in [-0.4, -0.2) is 32.5 Å². The fourth-order valence-corrected chi connectivity index (χ4v) is 2.93. The molecule has 0 rings (SSSR count). The van der Waals surface area contributed by atoms with Crippen LogP contribution in [0.4, 0.5) is 0 Å². The SMILES string of the molecule is CCCCCCCCNC(C)CS(=O)(=O)CC. The molecule has 104 valence electrons. The Bertz CT molecular complexity index is 263. The van der Waals surface area contributed by atoms with E-state index in [9.17, 15) is 8.42 Å². The van der Waals surface area contributed by atoms with Crippen molar-refractivity contribution in [3.8, 4) is 0 Å². The fraction of sp³-hybridized carbons (Fsp3) is 1.00. The molecule has 1 N–H and O–H groups in total. The van der Waals surface area contributed by atoms with Crippen molar-refractivity contribution in [2.75, 3.05) is 18.1 Å². The van der Waals surface area contributed by atoms with Crippen molar-refractivity contribution in [1.82, 2.24) is 5.32 Å². The monoisotopic (exact) mass is 263 g/mol. The van der Waals surface area contributed by atoms with Gasteiger partial charge in [0.2, 0.25) is 0 Å². The van der Waals surface area contributed by atoms with E-state index in [1.54, 1.807) is 6.92 Å². The summed E-state index contributed by atoms with van der Waals surface area (Å²) in [5.74, 6) is 0.509. The van der Waals surface area contributed by atoms with Gasteiger partial charge in [-0.3, -0.25) is 0 Å². The van der Waals surface area contributed by atoms with Gasteiger partial charge >= 0.3 is 0 Å². The molecular weight excluding hydrogens is 234 g/mol. The first kappa shape index (κ1) is 16.9. The summed E-state index contributed by atoms with van der Waals surface area (Å²) in [5, 5.41) is 3.28. The molecular formula is C13H29NO2S. The standard InChI is InChI=1S/C13H29NO2S/c1-4-6-7-8-9-10-11-14-13(3)12-17(15,16)5-2/h13-14H,4-12H2,1-3H3. The Labute approximate surface area is 107 Å². The maximum absolute atomic E-state index is 11.4. The van der Waals surface area contributed by atoms with E-state index in [1.165, 1.54) is 32.1 Å². The van der Waals surface area contributed by atoms with Crippen molar-refractivity contribution in [2.24, 2.45) is 0 Å². The molecule has 17 heavy (non-hydrogen) atoms. The highest BCUT2D eigenvalue weighted by molar-refractivity contribution is 7.91. The highest BCUT2D eigenvalue weighted by atomic mass is 32.2. The zero-order chi connectivity index (χ0) is 13.1. The van der Waals surface area contributed by atoms with E-state index >= 15 is 0 Å². The quantitative estimate of drug-likeness (QED) is 0.583. The molecule has 0 aliphatic rings. The molecule has 0 aromatic heterocycles. The smallest absolute Gasteiger partial charge is 0.151 e. The molecule has 0 bridgehead atoms. The first-order valence-electron chi connectivity index (χ1n) is 6.95. The number of rotatable bonds is 11. The van der Waals surface area contributed by atoms with Gasteiger partial charge in [0.05, 0.1) is 5.75 Å². The third-order valence-electron chi connectivity index (χ3n) is 2.97. The zero-order valence-corrected chi connectivity index (χ0v) is 12.5. The van der Waals surface area contributed by atoms with Crippen molar-refractivity contribution in [2.45, 2.75) is 65.3 Å². The molecule has 0 aromatic rings. The molecule has 0 fully saturated rings. The van der Waals surface area contributed by atoms with Crippen LogP contribution in [0.2, 0.25) is 0 Å². The van der Waals surface area contributed by atoms with E-state index in [-0.39, 0.29) is 17.5 Å². The third-order valence-corrected chi connectivity index (χ3v) is 4.85. The van der Waals surface area contributed by atoms with Gasteiger partial charge in [-0.2, -0.15) is 0 Å². The largest absolute Gasteiger partial charge is 0.313 e. The van der Waals surface area contributed by atoms with Crippen LogP contribution < -0.4 is 5.32 Å². The predicted octanol–water partition coefficient (Wildman–Crippen LogP) is 2.76. The van der Waals surface area contributed by atoms with Crippen LogP contribution in [-0.2, 0) is 9.84 Å². The normalized spacial score (nSPS) is 13.8. The molecule has 0 saturated carbocycles. The summed E-state index contributed by atoms with van der Waals surface area (Å²) in [6.45, 7) is 6.81. The van der Waals surface area contributed by atoms with Gasteiger partial charge in [0.25, 0.3) is 0 Å². The average molecular weight is 263 g/mol. The lowest BCUT2D eigenvalue weighted by molar-refractivity contribution is 0.527. The maximum atomic E-state index is 11.4. The lowest BCUT2D eigenvalue weighted by atomic mass is 10.1. The van der Waals surface area contributed by atoms with E-state index in [0.717, 1.165) is 13.0 Å².